The van der Waals surface area contributed by atoms with Gasteiger partial charge in [-0.15, -0.1) is 0 Å². The fourth-order valence-corrected chi connectivity index (χ4v) is 8.33. The first-order chi connectivity index (χ1) is 15.7. The van der Waals surface area contributed by atoms with Gasteiger partial charge < -0.3 is 14.5 Å². The fourth-order valence-electron chi connectivity index (χ4n) is 7.21. The Balaban J connectivity index is 1.33. The molecule has 5 fully saturated rings. The topological polar surface area (TPSA) is 84.0 Å². The monoisotopic (exact) mass is 480 g/mol. The van der Waals surface area contributed by atoms with Crippen molar-refractivity contribution in [2.24, 2.45) is 17.8 Å². The molecule has 5 atom stereocenters. The van der Waals surface area contributed by atoms with E-state index < -0.39 is 9.84 Å². The number of carbonyl (C=O) groups is 2. The molecule has 5 rings (SSSR count). The molecule has 0 radical (unpaired) electrons. The molecular weight excluding hydrogens is 440 g/mol. The fraction of sp³-hybridized carbons (Fsp3) is 0.920. The Hall–Kier alpha value is -1.15. The maximum atomic E-state index is 13.5. The van der Waals surface area contributed by atoms with E-state index in [4.69, 9.17) is 4.74 Å². The van der Waals surface area contributed by atoms with E-state index in [1.807, 2.05) is 0 Å². The van der Waals surface area contributed by atoms with Gasteiger partial charge in [0, 0.05) is 31.4 Å². The molecule has 186 valence electrons. The summed E-state index contributed by atoms with van der Waals surface area (Å²) in [4.78, 5) is 30.9. The van der Waals surface area contributed by atoms with E-state index >= 15 is 0 Å². The number of carbonyl (C=O) groups excluding carboxylic acids is 2. The van der Waals surface area contributed by atoms with Gasteiger partial charge in [0.1, 0.15) is 15.9 Å². The molecule has 2 saturated heterocycles. The van der Waals surface area contributed by atoms with Crippen molar-refractivity contribution in [1.29, 1.82) is 0 Å². The van der Waals surface area contributed by atoms with Gasteiger partial charge in [0.2, 0.25) is 5.91 Å². The van der Waals surface area contributed by atoms with Gasteiger partial charge in [-0.2, -0.15) is 0 Å². The highest BCUT2D eigenvalue weighted by Crippen LogP contribution is 2.45. The van der Waals surface area contributed by atoms with Crippen LogP contribution in [0.2, 0.25) is 0 Å². The van der Waals surface area contributed by atoms with E-state index in [0.717, 1.165) is 70.6 Å². The zero-order valence-electron chi connectivity index (χ0n) is 20.2. The number of sulfone groups is 1. The van der Waals surface area contributed by atoms with Gasteiger partial charge in [-0.1, -0.05) is 0 Å². The summed E-state index contributed by atoms with van der Waals surface area (Å²) in [7, 11) is -2.96. The minimum atomic E-state index is -2.96. The van der Waals surface area contributed by atoms with Crippen molar-refractivity contribution in [1.82, 2.24) is 9.80 Å². The van der Waals surface area contributed by atoms with Crippen molar-refractivity contribution in [2.45, 2.75) is 107 Å². The minimum absolute atomic E-state index is 0.0476. The van der Waals surface area contributed by atoms with Crippen LogP contribution < -0.4 is 0 Å². The van der Waals surface area contributed by atoms with Gasteiger partial charge in [-0.25, -0.2) is 8.42 Å². The lowest BCUT2D eigenvalue weighted by Gasteiger charge is -2.55. The van der Waals surface area contributed by atoms with Crippen molar-refractivity contribution >= 4 is 21.7 Å². The highest BCUT2D eigenvalue weighted by Gasteiger charge is 2.51. The average Bonchev–Trinajstić information content (AvgIpc) is 3.51. The van der Waals surface area contributed by atoms with Crippen LogP contribution in [0.4, 0.5) is 0 Å². The van der Waals surface area contributed by atoms with Crippen LogP contribution in [0.1, 0.15) is 77.6 Å². The molecule has 5 aliphatic rings. The van der Waals surface area contributed by atoms with Crippen LogP contribution in [0.25, 0.3) is 0 Å². The third-order valence-corrected chi connectivity index (χ3v) is 10.9. The third kappa shape index (κ3) is 4.71. The summed E-state index contributed by atoms with van der Waals surface area (Å²) < 4.78 is 29.8. The lowest BCUT2D eigenvalue weighted by molar-refractivity contribution is -0.162. The molecular formula is C25H40N2O5S. The second kappa shape index (κ2) is 9.14. The maximum absolute atomic E-state index is 13.5. The second-order valence-electron chi connectivity index (χ2n) is 11.4. The van der Waals surface area contributed by atoms with Crippen LogP contribution in [-0.4, -0.2) is 78.9 Å². The molecule has 7 nitrogen and oxygen atoms in total. The molecule has 3 aliphatic carbocycles. The first kappa shape index (κ1) is 23.6. The minimum Gasteiger partial charge on any atom is -0.368 e. The van der Waals surface area contributed by atoms with Crippen LogP contribution in [0.3, 0.4) is 0 Å². The Kier molecular flexibility index (Phi) is 6.53. The number of fused-ring (bicyclic) bond motifs is 1. The molecule has 0 aromatic carbocycles. The van der Waals surface area contributed by atoms with E-state index in [1.165, 1.54) is 6.26 Å². The molecule has 4 unspecified atom stereocenters. The Labute approximate surface area is 198 Å². The summed E-state index contributed by atoms with van der Waals surface area (Å²) >= 11 is 0. The van der Waals surface area contributed by atoms with Gasteiger partial charge in [-0.05, 0) is 89.4 Å². The summed E-state index contributed by atoms with van der Waals surface area (Å²) in [6.45, 7) is 3.36. The zero-order valence-corrected chi connectivity index (χ0v) is 21.0. The van der Waals surface area contributed by atoms with Crippen molar-refractivity contribution in [3.05, 3.63) is 0 Å². The molecule has 2 amide bonds. The Bertz CT molecular complexity index is 858. The summed E-state index contributed by atoms with van der Waals surface area (Å²) in [5.41, 5.74) is 0. The number of hydrogen-bond acceptors (Lipinski definition) is 5. The van der Waals surface area contributed by atoms with Crippen molar-refractivity contribution in [3.63, 3.8) is 0 Å². The SMILES string of the molecule is C[C@H]1CN(C(=O)C2CCCO2)C2CC(C3CCC(S(C)(=O)=O)CC3)CCC2N1C(=O)C1CC1. The zero-order chi connectivity index (χ0) is 23.3. The third-order valence-electron chi connectivity index (χ3n) is 9.18. The van der Waals surface area contributed by atoms with Crippen molar-refractivity contribution in [3.8, 4) is 0 Å². The quantitative estimate of drug-likeness (QED) is 0.618. The van der Waals surface area contributed by atoms with Crippen LogP contribution in [0, 0.1) is 17.8 Å². The Morgan fingerprint density at radius 3 is 2.15 bits per heavy atom. The van der Waals surface area contributed by atoms with E-state index in [-0.39, 0.29) is 41.3 Å². The predicted molar refractivity (Wildman–Crippen MR) is 125 cm³/mol. The summed E-state index contributed by atoms with van der Waals surface area (Å²) in [6.07, 6.45) is 11.2. The van der Waals surface area contributed by atoms with E-state index in [2.05, 4.69) is 16.7 Å². The van der Waals surface area contributed by atoms with E-state index in [9.17, 15) is 18.0 Å². The van der Waals surface area contributed by atoms with Gasteiger partial charge in [0.05, 0.1) is 17.3 Å². The van der Waals surface area contributed by atoms with Crippen LogP contribution in [0.15, 0.2) is 0 Å². The Morgan fingerprint density at radius 1 is 0.848 bits per heavy atom. The van der Waals surface area contributed by atoms with Crippen LogP contribution in [0.5, 0.6) is 0 Å². The molecule has 0 spiro atoms. The number of nitrogens with zero attached hydrogens (tertiary/aromatic N) is 2. The molecule has 2 heterocycles. The molecule has 3 saturated carbocycles. The van der Waals surface area contributed by atoms with Gasteiger partial charge >= 0.3 is 0 Å². The van der Waals surface area contributed by atoms with Gasteiger partial charge in [-0.3, -0.25) is 9.59 Å². The summed E-state index contributed by atoms with van der Waals surface area (Å²) in [5, 5.41) is -0.190. The molecule has 0 aromatic rings. The number of amides is 2. The van der Waals surface area contributed by atoms with Crippen LogP contribution >= 0.6 is 0 Å². The lowest BCUT2D eigenvalue weighted by atomic mass is 9.69. The highest BCUT2D eigenvalue weighted by molar-refractivity contribution is 7.91. The smallest absolute Gasteiger partial charge is 0.252 e. The molecule has 0 aromatic heterocycles. The largest absolute Gasteiger partial charge is 0.368 e. The lowest BCUT2D eigenvalue weighted by Crippen LogP contribution is -2.68. The summed E-state index contributed by atoms with van der Waals surface area (Å²) in [5.74, 6) is 1.63. The highest BCUT2D eigenvalue weighted by atomic mass is 32.2. The normalized spacial score (nSPS) is 39.9. The van der Waals surface area contributed by atoms with Crippen molar-refractivity contribution < 1.29 is 22.7 Å². The first-order valence-corrected chi connectivity index (χ1v) is 15.1. The second-order valence-corrected chi connectivity index (χ2v) is 13.8. The number of piperazine rings is 1. The van der Waals surface area contributed by atoms with E-state index in [1.54, 1.807) is 0 Å². The molecule has 0 N–H and O–H groups in total. The standard InChI is InChI=1S/C25H40N2O5S/c1-16-15-26(25(29)23-4-3-13-32-23)22-14-19(17-7-10-20(11-8-17)33(2,30)31)9-12-21(22)27(16)24(28)18-5-6-18/h16-23H,3-15H2,1-2H3/t16-,17?,19?,20?,21?,22?,23?/m0/s1. The molecule has 0 bridgehead atoms. The molecule has 2 aliphatic heterocycles. The number of rotatable bonds is 4. The average molecular weight is 481 g/mol. The molecule has 8 heteroatoms. The Morgan fingerprint density at radius 2 is 1.55 bits per heavy atom. The number of ether oxygens (including phenoxy) is 1. The number of hydrogen-bond donors (Lipinski definition) is 0. The van der Waals surface area contributed by atoms with Crippen LogP contribution in [-0.2, 0) is 24.2 Å². The first-order valence-electron chi connectivity index (χ1n) is 13.2. The maximum Gasteiger partial charge on any atom is 0.252 e. The van der Waals surface area contributed by atoms with Gasteiger partial charge in [0.15, 0.2) is 0 Å². The van der Waals surface area contributed by atoms with Crippen molar-refractivity contribution in [2.75, 3.05) is 19.4 Å². The predicted octanol–water partition coefficient (Wildman–Crippen LogP) is 2.78. The van der Waals surface area contributed by atoms with Gasteiger partial charge in [0.25, 0.3) is 5.91 Å². The molecule has 33 heavy (non-hydrogen) atoms. The van der Waals surface area contributed by atoms with E-state index in [0.29, 0.717) is 30.9 Å². The summed E-state index contributed by atoms with van der Waals surface area (Å²) in [6, 6.07) is 0.217.